The van der Waals surface area contributed by atoms with E-state index < -0.39 is 0 Å². The Morgan fingerprint density at radius 2 is 1.73 bits per heavy atom. The first-order valence-corrected chi connectivity index (χ1v) is 7.10. The quantitative estimate of drug-likeness (QED) is 0.807. The van der Waals surface area contributed by atoms with Gasteiger partial charge in [-0.2, -0.15) is 0 Å². The summed E-state index contributed by atoms with van der Waals surface area (Å²) in [5.41, 5.74) is 2.12. The number of hydrogen-bond acceptors (Lipinski definition) is 2. The third-order valence-electron chi connectivity index (χ3n) is 3.53. The minimum Gasteiger partial charge on any atom is -0.352 e. The zero-order valence-corrected chi connectivity index (χ0v) is 12.2. The van der Waals surface area contributed by atoms with Crippen LogP contribution >= 0.6 is 0 Å². The van der Waals surface area contributed by atoms with Gasteiger partial charge in [0.2, 0.25) is 5.91 Å². The molecule has 0 atom stereocenters. The molecule has 4 nitrogen and oxygen atoms in total. The van der Waals surface area contributed by atoms with E-state index in [9.17, 15) is 9.59 Å². The molecule has 1 aromatic heterocycles. The molecule has 110 valence electrons. The summed E-state index contributed by atoms with van der Waals surface area (Å²) in [4.78, 5) is 23.9. The molecule has 1 heterocycles. The van der Waals surface area contributed by atoms with Crippen molar-refractivity contribution in [2.45, 2.75) is 13.5 Å². The topological polar surface area (TPSA) is 51.1 Å². The number of rotatable bonds is 3. The molecule has 22 heavy (non-hydrogen) atoms. The first-order valence-electron chi connectivity index (χ1n) is 7.10. The van der Waals surface area contributed by atoms with Crippen molar-refractivity contribution >= 4 is 16.8 Å². The van der Waals surface area contributed by atoms with Gasteiger partial charge in [-0.05, 0) is 29.7 Å². The van der Waals surface area contributed by atoms with Crippen molar-refractivity contribution in [3.05, 3.63) is 76.6 Å². The van der Waals surface area contributed by atoms with Gasteiger partial charge in [-0.25, -0.2) is 0 Å². The molecule has 4 heteroatoms. The highest BCUT2D eigenvalue weighted by molar-refractivity contribution is 5.81. The van der Waals surface area contributed by atoms with Gasteiger partial charge in [0.15, 0.2) is 0 Å². The molecule has 0 aliphatic heterocycles. The molecule has 1 N–H and O–H groups in total. The van der Waals surface area contributed by atoms with E-state index in [4.69, 9.17) is 0 Å². The van der Waals surface area contributed by atoms with Gasteiger partial charge in [0.05, 0.1) is 5.52 Å². The van der Waals surface area contributed by atoms with E-state index in [1.807, 2.05) is 60.7 Å². The highest BCUT2D eigenvalue weighted by Crippen LogP contribution is 2.17. The second-order valence-electron chi connectivity index (χ2n) is 5.11. The largest absolute Gasteiger partial charge is 0.352 e. The smallest absolute Gasteiger partial charge is 0.260 e. The summed E-state index contributed by atoms with van der Waals surface area (Å²) in [5, 5.41) is 3.66. The molecular formula is C18H16N2O2. The van der Waals surface area contributed by atoms with E-state index in [-0.39, 0.29) is 18.0 Å². The zero-order valence-electron chi connectivity index (χ0n) is 12.2. The lowest BCUT2D eigenvalue weighted by atomic mass is 10.1. The van der Waals surface area contributed by atoms with E-state index in [1.165, 1.54) is 6.92 Å². The Balaban J connectivity index is 2.26. The summed E-state index contributed by atoms with van der Waals surface area (Å²) >= 11 is 0. The second-order valence-corrected chi connectivity index (χ2v) is 5.11. The van der Waals surface area contributed by atoms with Gasteiger partial charge in [-0.1, -0.05) is 36.4 Å². The van der Waals surface area contributed by atoms with Gasteiger partial charge in [0, 0.05) is 24.7 Å². The first-order chi connectivity index (χ1) is 10.7. The Labute approximate surface area is 128 Å². The standard InChI is InChI=1S/C18H16N2O2/c1-13(21)19-12-15-11-14-7-5-6-10-17(14)20(18(15)22)16-8-3-2-4-9-16/h2-11H,12H2,1H3,(H,19,21). The predicted octanol–water partition coefficient (Wildman–Crippen LogP) is 2.63. The van der Waals surface area contributed by atoms with Crippen molar-refractivity contribution in [1.82, 2.24) is 9.88 Å². The maximum atomic E-state index is 12.8. The predicted molar refractivity (Wildman–Crippen MR) is 87.1 cm³/mol. The summed E-state index contributed by atoms with van der Waals surface area (Å²) in [5.74, 6) is -0.154. The number of benzene rings is 2. The molecule has 0 unspecified atom stereocenters. The Kier molecular flexibility index (Phi) is 3.74. The molecule has 0 saturated heterocycles. The summed E-state index contributed by atoms with van der Waals surface area (Å²) in [7, 11) is 0. The molecule has 2 aromatic carbocycles. The van der Waals surface area contributed by atoms with E-state index >= 15 is 0 Å². The molecular weight excluding hydrogens is 276 g/mol. The molecule has 1 amide bonds. The van der Waals surface area contributed by atoms with Gasteiger partial charge >= 0.3 is 0 Å². The van der Waals surface area contributed by atoms with Crippen molar-refractivity contribution in [2.24, 2.45) is 0 Å². The molecule has 0 aliphatic carbocycles. The van der Waals surface area contributed by atoms with Gasteiger partial charge < -0.3 is 5.32 Å². The van der Waals surface area contributed by atoms with Crippen LogP contribution in [0.2, 0.25) is 0 Å². The minimum atomic E-state index is -0.154. The third-order valence-corrected chi connectivity index (χ3v) is 3.53. The maximum absolute atomic E-state index is 12.8. The molecule has 0 aliphatic rings. The van der Waals surface area contributed by atoms with Gasteiger partial charge in [-0.15, -0.1) is 0 Å². The summed E-state index contributed by atoms with van der Waals surface area (Å²) in [6.45, 7) is 1.67. The van der Waals surface area contributed by atoms with Crippen LogP contribution in [0.5, 0.6) is 0 Å². The number of amides is 1. The fourth-order valence-corrected chi connectivity index (χ4v) is 2.50. The second kappa shape index (κ2) is 5.85. The number of pyridine rings is 1. The number of nitrogens with one attached hydrogen (secondary N) is 1. The van der Waals surface area contributed by atoms with Gasteiger partial charge in [-0.3, -0.25) is 14.2 Å². The van der Waals surface area contributed by atoms with Crippen molar-refractivity contribution in [1.29, 1.82) is 0 Å². The van der Waals surface area contributed by atoms with E-state index in [1.54, 1.807) is 4.57 Å². The van der Waals surface area contributed by atoms with Crippen LogP contribution in [0.3, 0.4) is 0 Å². The van der Waals surface area contributed by atoms with E-state index in [2.05, 4.69) is 5.32 Å². The summed E-state index contributed by atoms with van der Waals surface area (Å²) < 4.78 is 1.69. The Hall–Kier alpha value is -2.88. The number of hydrogen-bond donors (Lipinski definition) is 1. The summed E-state index contributed by atoms with van der Waals surface area (Å²) in [6.07, 6.45) is 0. The molecule has 0 bridgehead atoms. The fourth-order valence-electron chi connectivity index (χ4n) is 2.50. The number of para-hydroxylation sites is 2. The van der Waals surface area contributed by atoms with Crippen LogP contribution in [-0.2, 0) is 11.3 Å². The monoisotopic (exact) mass is 292 g/mol. The molecule has 0 fully saturated rings. The number of aromatic nitrogens is 1. The highest BCUT2D eigenvalue weighted by Gasteiger charge is 2.10. The molecule has 3 rings (SSSR count). The lowest BCUT2D eigenvalue weighted by Gasteiger charge is -2.13. The fraction of sp³-hybridized carbons (Fsp3) is 0.111. The molecule has 3 aromatic rings. The Morgan fingerprint density at radius 3 is 2.45 bits per heavy atom. The van der Waals surface area contributed by atoms with Crippen molar-refractivity contribution in [2.75, 3.05) is 0 Å². The molecule has 0 saturated carbocycles. The van der Waals surface area contributed by atoms with Gasteiger partial charge in [0.25, 0.3) is 5.56 Å². The van der Waals surface area contributed by atoms with E-state index in [0.29, 0.717) is 5.56 Å². The summed E-state index contributed by atoms with van der Waals surface area (Å²) in [6, 6.07) is 19.1. The average Bonchev–Trinajstić information content (AvgIpc) is 2.53. The maximum Gasteiger partial charge on any atom is 0.260 e. The number of fused-ring (bicyclic) bond motifs is 1. The minimum absolute atomic E-state index is 0.112. The van der Waals surface area contributed by atoms with Crippen molar-refractivity contribution in [3.8, 4) is 5.69 Å². The third kappa shape index (κ3) is 2.63. The average molecular weight is 292 g/mol. The number of carbonyl (C=O) groups is 1. The molecule has 0 spiro atoms. The van der Waals surface area contributed by atoms with Crippen LogP contribution in [0.15, 0.2) is 65.5 Å². The van der Waals surface area contributed by atoms with Crippen LogP contribution in [0.25, 0.3) is 16.6 Å². The Bertz CT molecular complexity index is 882. The SMILES string of the molecule is CC(=O)NCc1cc2ccccc2n(-c2ccccc2)c1=O. The number of nitrogens with zero attached hydrogens (tertiary/aromatic N) is 1. The lowest BCUT2D eigenvalue weighted by Crippen LogP contribution is -2.28. The van der Waals surface area contributed by atoms with Crippen LogP contribution in [0, 0.1) is 0 Å². The normalized spacial score (nSPS) is 10.6. The highest BCUT2D eigenvalue weighted by atomic mass is 16.1. The first kappa shape index (κ1) is 14.1. The van der Waals surface area contributed by atoms with Crippen LogP contribution in [0.4, 0.5) is 0 Å². The van der Waals surface area contributed by atoms with Crippen molar-refractivity contribution < 1.29 is 4.79 Å². The number of carbonyl (C=O) groups excluding carboxylic acids is 1. The Morgan fingerprint density at radius 1 is 1.05 bits per heavy atom. The van der Waals surface area contributed by atoms with E-state index in [0.717, 1.165) is 16.6 Å². The van der Waals surface area contributed by atoms with Crippen LogP contribution in [0.1, 0.15) is 12.5 Å². The van der Waals surface area contributed by atoms with Crippen molar-refractivity contribution in [3.63, 3.8) is 0 Å². The molecule has 0 radical (unpaired) electrons. The lowest BCUT2D eigenvalue weighted by molar-refractivity contribution is -0.119. The van der Waals surface area contributed by atoms with Gasteiger partial charge in [0.1, 0.15) is 0 Å². The van der Waals surface area contributed by atoms with Crippen LogP contribution < -0.4 is 10.9 Å². The van der Waals surface area contributed by atoms with Crippen LogP contribution in [-0.4, -0.2) is 10.5 Å². The zero-order chi connectivity index (χ0) is 15.5.